The van der Waals surface area contributed by atoms with E-state index in [9.17, 15) is 27.6 Å². The number of ketones is 1. The van der Waals surface area contributed by atoms with Crippen LogP contribution in [0.4, 0.5) is 5.13 Å². The summed E-state index contributed by atoms with van der Waals surface area (Å²) < 4.78 is 30.3. The summed E-state index contributed by atoms with van der Waals surface area (Å²) in [5.41, 5.74) is 3.09. The van der Waals surface area contributed by atoms with Gasteiger partial charge < -0.3 is 15.7 Å². The van der Waals surface area contributed by atoms with Crippen molar-refractivity contribution in [2.24, 2.45) is 11.1 Å². The Morgan fingerprint density at radius 2 is 1.96 bits per heavy atom. The van der Waals surface area contributed by atoms with E-state index in [2.05, 4.69) is 10.1 Å². The molecular weight excluding hydrogens is 420 g/mol. The number of nitrogens with two attached hydrogens (primary N) is 1. The maximum Gasteiger partial charge on any atom is 0.369 e. The van der Waals surface area contributed by atoms with Crippen LogP contribution in [-0.2, 0) is 34.3 Å². The van der Waals surface area contributed by atoms with Gasteiger partial charge in [-0.3, -0.25) is 18.9 Å². The molecule has 2 heterocycles. The molecule has 28 heavy (non-hydrogen) atoms. The normalized spacial score (nSPS) is 16.1. The van der Waals surface area contributed by atoms with Gasteiger partial charge in [-0.25, -0.2) is 9.78 Å². The van der Waals surface area contributed by atoms with E-state index < -0.39 is 57.5 Å². The summed E-state index contributed by atoms with van der Waals surface area (Å²) in [7, 11) is -5.07. The number of hydrogen-bond acceptors (Lipinski definition) is 11. The number of imide groups is 1. The molecule has 152 valence electrons. The van der Waals surface area contributed by atoms with E-state index in [4.69, 9.17) is 20.2 Å². The van der Waals surface area contributed by atoms with Crippen molar-refractivity contribution in [2.75, 3.05) is 5.73 Å². The van der Waals surface area contributed by atoms with Crippen molar-refractivity contribution in [2.45, 2.75) is 25.9 Å². The molecule has 1 saturated heterocycles. The number of aliphatic carboxylic acids is 1. The monoisotopic (exact) mass is 434 g/mol. The second-order valence-electron chi connectivity index (χ2n) is 6.02. The fraction of sp³-hybridized carbons (Fsp3) is 0.385. The van der Waals surface area contributed by atoms with Crippen molar-refractivity contribution < 1.29 is 42.1 Å². The highest BCUT2D eigenvalue weighted by Gasteiger charge is 2.53. The van der Waals surface area contributed by atoms with Crippen LogP contribution < -0.4 is 5.73 Å². The molecule has 1 aliphatic heterocycles. The van der Waals surface area contributed by atoms with Crippen molar-refractivity contribution in [1.82, 2.24) is 9.29 Å². The number of nitrogen functional groups attached to an aromatic ring is 1. The molecule has 0 saturated carbocycles. The molecule has 1 aliphatic rings. The molecule has 2 amide bonds. The number of β-lactam (4-membered cyclic amide) rings is 2. The van der Waals surface area contributed by atoms with Crippen molar-refractivity contribution in [3.05, 3.63) is 11.1 Å². The summed E-state index contributed by atoms with van der Waals surface area (Å²) >= 11 is 0.941. The van der Waals surface area contributed by atoms with Crippen LogP contribution in [0.15, 0.2) is 10.5 Å². The fourth-order valence-corrected chi connectivity index (χ4v) is 3.21. The van der Waals surface area contributed by atoms with Crippen molar-refractivity contribution in [3.8, 4) is 0 Å². The van der Waals surface area contributed by atoms with Gasteiger partial charge in [-0.2, -0.15) is 8.42 Å². The van der Waals surface area contributed by atoms with Gasteiger partial charge >= 0.3 is 16.3 Å². The van der Waals surface area contributed by atoms with Gasteiger partial charge in [0.2, 0.25) is 5.60 Å². The molecule has 0 spiro atoms. The Labute approximate surface area is 161 Å². The zero-order chi connectivity index (χ0) is 21.4. The van der Waals surface area contributed by atoms with Crippen LogP contribution in [-0.4, -0.2) is 62.2 Å². The first kappa shape index (κ1) is 21.4. The third-order valence-corrected chi connectivity index (χ3v) is 5.02. The first-order valence-electron chi connectivity index (χ1n) is 7.35. The number of anilines is 1. The summed E-state index contributed by atoms with van der Waals surface area (Å²) in [6.45, 7) is 2.33. The number of carbonyl (C=O) groups excluding carboxylic acids is 3. The Morgan fingerprint density at radius 1 is 1.39 bits per heavy atom. The summed E-state index contributed by atoms with van der Waals surface area (Å²) in [6, 6.07) is 0. The Kier molecular flexibility index (Phi) is 5.54. The predicted molar refractivity (Wildman–Crippen MR) is 92.4 cm³/mol. The van der Waals surface area contributed by atoms with Crippen LogP contribution in [0.3, 0.4) is 0 Å². The number of hydrogen-bond donors (Lipinski definition) is 3. The molecule has 1 aromatic heterocycles. The third kappa shape index (κ3) is 4.15. The average molecular weight is 434 g/mol. The van der Waals surface area contributed by atoms with E-state index in [1.807, 2.05) is 0 Å². The lowest BCUT2D eigenvalue weighted by Crippen LogP contribution is -2.60. The molecule has 0 unspecified atom stereocenters. The summed E-state index contributed by atoms with van der Waals surface area (Å²) in [6.07, 6.45) is -0.795. The Morgan fingerprint density at radius 3 is 2.39 bits per heavy atom. The zero-order valence-electron chi connectivity index (χ0n) is 14.3. The number of amides is 2. The Balaban J connectivity index is 2.27. The highest BCUT2D eigenvalue weighted by molar-refractivity contribution is 7.84. The number of oxime groups is 1. The molecular formula is C13H14N4O9S2. The average Bonchev–Trinajstić information content (AvgIpc) is 2.97. The molecule has 1 aromatic rings. The van der Waals surface area contributed by atoms with Crippen LogP contribution in [0.1, 0.15) is 26.0 Å². The quantitative estimate of drug-likeness (QED) is 0.149. The maximum absolute atomic E-state index is 12.5. The second kappa shape index (κ2) is 7.25. The smallest absolute Gasteiger partial charge is 0.369 e. The van der Waals surface area contributed by atoms with Crippen molar-refractivity contribution >= 4 is 56.1 Å². The molecule has 0 bridgehead atoms. The molecule has 15 heteroatoms. The highest BCUT2D eigenvalue weighted by atomic mass is 32.2. The lowest BCUT2D eigenvalue weighted by molar-refractivity contribution is -0.161. The van der Waals surface area contributed by atoms with Crippen LogP contribution in [0.2, 0.25) is 0 Å². The summed E-state index contributed by atoms with van der Waals surface area (Å²) in [5.74, 6) is -6.56. The van der Waals surface area contributed by atoms with Gasteiger partial charge in [-0.15, -0.1) is 15.6 Å². The summed E-state index contributed by atoms with van der Waals surface area (Å²) in [5, 5.41) is 13.9. The topological polar surface area (TPSA) is 207 Å². The number of thiazole rings is 1. The molecule has 0 aromatic carbocycles. The first-order chi connectivity index (χ1) is 12.8. The zero-order valence-corrected chi connectivity index (χ0v) is 16.0. The Hall–Kier alpha value is -2.91. The van der Waals surface area contributed by atoms with Crippen LogP contribution in [0, 0.1) is 5.92 Å². The minimum absolute atomic E-state index is 0.0568. The van der Waals surface area contributed by atoms with Gasteiger partial charge in [-0.05, 0) is 13.8 Å². The van der Waals surface area contributed by atoms with E-state index in [-0.39, 0.29) is 15.1 Å². The van der Waals surface area contributed by atoms with Crippen LogP contribution >= 0.6 is 11.3 Å². The van der Waals surface area contributed by atoms with Crippen LogP contribution in [0.5, 0.6) is 0 Å². The molecule has 0 aliphatic carbocycles. The first-order valence-corrected chi connectivity index (χ1v) is 9.63. The van der Waals surface area contributed by atoms with Gasteiger partial charge in [0.15, 0.2) is 16.6 Å². The standard InChI is InChI=1S/C13H14N4O9S2/c1-13(2,11(21)22)26-16-8(6-4-27-12(14)15-6)7(18)3-5-9(19)17(10(5)20)28(23,24)25/h4-5H,3H2,1-2H3,(H2,14,15)(H,21,22)(H,23,24,25)/b16-8-. The SMILES string of the molecule is CC(C)(O/N=C(\C(=O)CC1C(=O)N(S(=O)(=O)O)C1=O)c1csc(N)n1)C(=O)O. The van der Waals surface area contributed by atoms with E-state index in [0.29, 0.717) is 0 Å². The van der Waals surface area contributed by atoms with Gasteiger partial charge in [-0.1, -0.05) is 5.16 Å². The minimum Gasteiger partial charge on any atom is -0.478 e. The minimum atomic E-state index is -5.07. The number of rotatable bonds is 8. The number of nitrogens with zero attached hydrogens (tertiary/aromatic N) is 3. The molecule has 13 nitrogen and oxygen atoms in total. The molecule has 0 radical (unpaired) electrons. The lowest BCUT2D eigenvalue weighted by atomic mass is 9.92. The third-order valence-electron chi connectivity index (χ3n) is 3.53. The maximum atomic E-state index is 12.5. The van der Waals surface area contributed by atoms with Gasteiger partial charge in [0.25, 0.3) is 11.8 Å². The number of Topliss-reactive ketones (excluding diaryl/α,β-unsaturated/α-hetero) is 1. The van der Waals surface area contributed by atoms with Gasteiger partial charge in [0.05, 0.1) is 0 Å². The van der Waals surface area contributed by atoms with Crippen LogP contribution in [0.25, 0.3) is 0 Å². The lowest BCUT2D eigenvalue weighted by Gasteiger charge is -2.32. The fourth-order valence-electron chi connectivity index (χ4n) is 1.95. The van der Waals surface area contributed by atoms with Gasteiger partial charge in [0, 0.05) is 11.8 Å². The van der Waals surface area contributed by atoms with Gasteiger partial charge in [0.1, 0.15) is 11.6 Å². The van der Waals surface area contributed by atoms with E-state index in [1.54, 1.807) is 0 Å². The number of carboxylic acids is 1. The molecule has 1 fully saturated rings. The van der Waals surface area contributed by atoms with Crippen molar-refractivity contribution in [1.29, 1.82) is 0 Å². The Bertz CT molecular complexity index is 979. The largest absolute Gasteiger partial charge is 0.478 e. The predicted octanol–water partition coefficient (Wildman–Crippen LogP) is -0.944. The number of carboxylic acid groups (broad SMARTS) is 1. The second-order valence-corrected chi connectivity index (χ2v) is 8.17. The highest BCUT2D eigenvalue weighted by Crippen LogP contribution is 2.27. The molecule has 0 atom stereocenters. The summed E-state index contributed by atoms with van der Waals surface area (Å²) in [4.78, 5) is 55.8. The van der Waals surface area contributed by atoms with Crippen molar-refractivity contribution in [3.63, 3.8) is 0 Å². The number of carbonyl (C=O) groups is 4. The number of aromatic nitrogens is 1. The van der Waals surface area contributed by atoms with E-state index in [0.717, 1.165) is 11.3 Å². The van der Waals surface area contributed by atoms with E-state index >= 15 is 0 Å². The van der Waals surface area contributed by atoms with E-state index in [1.165, 1.54) is 19.2 Å². The molecule has 4 N–H and O–H groups in total. The molecule has 2 rings (SSSR count).